The fourth-order valence-electron chi connectivity index (χ4n) is 2.41. The second-order valence-electron chi connectivity index (χ2n) is 4.95. The monoisotopic (exact) mass is 266 g/mol. The van der Waals surface area contributed by atoms with Crippen LogP contribution in [0.3, 0.4) is 0 Å². The van der Waals surface area contributed by atoms with Crippen molar-refractivity contribution in [3.05, 3.63) is 18.2 Å². The van der Waals surface area contributed by atoms with E-state index in [1.165, 1.54) is 0 Å². The molecule has 0 atom stereocenters. The molecule has 1 heterocycles. The normalized spacial score (nSPS) is 18.2. The maximum absolute atomic E-state index is 10.2. The highest BCUT2D eigenvalue weighted by atomic mass is 16.5. The Hall–Kier alpha value is -1.46. The van der Waals surface area contributed by atoms with Gasteiger partial charge in [0.1, 0.15) is 11.5 Å². The highest BCUT2D eigenvalue weighted by Gasteiger charge is 2.31. The topological polar surface area (TPSA) is 68.0 Å². The van der Waals surface area contributed by atoms with Gasteiger partial charge in [-0.1, -0.05) is 0 Å². The third kappa shape index (κ3) is 2.93. The van der Waals surface area contributed by atoms with E-state index in [2.05, 4.69) is 4.90 Å². The molecule has 0 radical (unpaired) electrons. The molecule has 1 aliphatic heterocycles. The number of aliphatic hydroxyl groups is 1. The predicted octanol–water partition coefficient (Wildman–Crippen LogP) is 0.994. The molecule has 5 heteroatoms. The number of rotatable bonds is 4. The quantitative estimate of drug-likeness (QED) is 0.851. The molecule has 0 aliphatic carbocycles. The average Bonchev–Trinajstić information content (AvgIpc) is 2.47. The van der Waals surface area contributed by atoms with E-state index < -0.39 is 5.60 Å². The van der Waals surface area contributed by atoms with Crippen LogP contribution >= 0.6 is 0 Å². The predicted molar refractivity (Wildman–Crippen MR) is 75.0 cm³/mol. The van der Waals surface area contributed by atoms with Gasteiger partial charge in [-0.25, -0.2) is 0 Å². The van der Waals surface area contributed by atoms with Crippen molar-refractivity contribution in [3.63, 3.8) is 0 Å². The zero-order chi connectivity index (χ0) is 13.9. The van der Waals surface area contributed by atoms with Crippen molar-refractivity contribution in [2.75, 3.05) is 38.8 Å². The number of benzene rings is 1. The molecule has 0 aromatic heterocycles. The molecule has 3 N–H and O–H groups in total. The smallest absolute Gasteiger partial charge is 0.145 e. The van der Waals surface area contributed by atoms with Crippen LogP contribution in [0.2, 0.25) is 0 Å². The first-order chi connectivity index (χ1) is 9.11. The molecular formula is C14H22N2O3. The summed E-state index contributed by atoms with van der Waals surface area (Å²) in [6, 6.07) is 5.78. The minimum absolute atomic E-state index is 0.320. The fraction of sp³-hybridized carbons (Fsp3) is 0.571. The molecule has 0 amide bonds. The first-order valence-corrected chi connectivity index (χ1v) is 6.51. The van der Waals surface area contributed by atoms with E-state index in [1.54, 1.807) is 14.2 Å². The summed E-state index contributed by atoms with van der Waals surface area (Å²) in [5, 5.41) is 10.2. The van der Waals surface area contributed by atoms with Crippen molar-refractivity contribution < 1.29 is 14.6 Å². The van der Waals surface area contributed by atoms with Gasteiger partial charge in [0.15, 0.2) is 0 Å². The first kappa shape index (κ1) is 14.0. The van der Waals surface area contributed by atoms with E-state index in [9.17, 15) is 5.11 Å². The van der Waals surface area contributed by atoms with Crippen molar-refractivity contribution in [1.82, 2.24) is 0 Å². The van der Waals surface area contributed by atoms with E-state index in [-0.39, 0.29) is 0 Å². The molecule has 0 saturated carbocycles. The summed E-state index contributed by atoms with van der Waals surface area (Å²) in [5.74, 6) is 1.56. The molecule has 1 saturated heterocycles. The van der Waals surface area contributed by atoms with Crippen LogP contribution in [0, 0.1) is 0 Å². The summed E-state index contributed by atoms with van der Waals surface area (Å²) >= 11 is 0. The van der Waals surface area contributed by atoms with Gasteiger partial charge in [-0.3, -0.25) is 0 Å². The first-order valence-electron chi connectivity index (χ1n) is 6.51. The molecule has 0 spiro atoms. The number of anilines is 1. The Morgan fingerprint density at radius 2 is 1.95 bits per heavy atom. The minimum Gasteiger partial charge on any atom is -0.497 e. The number of piperidine rings is 1. The number of nitrogens with two attached hydrogens (primary N) is 1. The second-order valence-corrected chi connectivity index (χ2v) is 4.95. The standard InChI is InChI=1S/C14H22N2O3/c1-18-11-3-4-12(13(9-11)19-2)16-7-5-14(17,10-15)6-8-16/h3-4,9,17H,5-8,10,15H2,1-2H3. The highest BCUT2D eigenvalue weighted by molar-refractivity contribution is 5.61. The maximum Gasteiger partial charge on any atom is 0.145 e. The maximum atomic E-state index is 10.2. The van der Waals surface area contributed by atoms with Crippen molar-refractivity contribution in [3.8, 4) is 11.5 Å². The molecule has 1 aromatic carbocycles. The summed E-state index contributed by atoms with van der Waals surface area (Å²) in [7, 11) is 3.29. The number of hydrogen-bond acceptors (Lipinski definition) is 5. The van der Waals surface area contributed by atoms with E-state index in [0.29, 0.717) is 19.4 Å². The Balaban J connectivity index is 2.15. The van der Waals surface area contributed by atoms with E-state index in [1.807, 2.05) is 18.2 Å². The van der Waals surface area contributed by atoms with Gasteiger partial charge >= 0.3 is 0 Å². The lowest BCUT2D eigenvalue weighted by molar-refractivity contribution is 0.0249. The van der Waals surface area contributed by atoms with Crippen molar-refractivity contribution in [2.45, 2.75) is 18.4 Å². The lowest BCUT2D eigenvalue weighted by Gasteiger charge is -2.39. The number of nitrogens with zero attached hydrogens (tertiary/aromatic N) is 1. The van der Waals surface area contributed by atoms with E-state index in [0.717, 1.165) is 30.3 Å². The third-order valence-corrected chi connectivity index (χ3v) is 3.80. The van der Waals surface area contributed by atoms with Crippen LogP contribution in [0.4, 0.5) is 5.69 Å². The van der Waals surface area contributed by atoms with Gasteiger partial charge in [0.05, 0.1) is 25.5 Å². The fourth-order valence-corrected chi connectivity index (χ4v) is 2.41. The van der Waals surface area contributed by atoms with Gasteiger partial charge in [-0.15, -0.1) is 0 Å². The largest absolute Gasteiger partial charge is 0.497 e. The molecule has 1 fully saturated rings. The molecule has 0 unspecified atom stereocenters. The summed E-state index contributed by atoms with van der Waals surface area (Å²) < 4.78 is 10.6. The molecule has 19 heavy (non-hydrogen) atoms. The summed E-state index contributed by atoms with van der Waals surface area (Å²) in [4.78, 5) is 2.21. The Bertz CT molecular complexity index is 429. The molecule has 1 aliphatic rings. The van der Waals surface area contributed by atoms with Crippen LogP contribution in [0.5, 0.6) is 11.5 Å². The van der Waals surface area contributed by atoms with E-state index >= 15 is 0 Å². The SMILES string of the molecule is COc1ccc(N2CCC(O)(CN)CC2)c(OC)c1. The zero-order valence-corrected chi connectivity index (χ0v) is 11.6. The molecule has 5 nitrogen and oxygen atoms in total. The number of hydrogen-bond donors (Lipinski definition) is 2. The average molecular weight is 266 g/mol. The molecule has 106 valence electrons. The van der Waals surface area contributed by atoms with Gasteiger partial charge < -0.3 is 25.2 Å². The van der Waals surface area contributed by atoms with Crippen LogP contribution < -0.4 is 20.1 Å². The third-order valence-electron chi connectivity index (χ3n) is 3.80. The number of methoxy groups -OCH3 is 2. The summed E-state index contributed by atoms with van der Waals surface area (Å²) in [6.45, 7) is 1.87. The van der Waals surface area contributed by atoms with Crippen LogP contribution in [0.25, 0.3) is 0 Å². The van der Waals surface area contributed by atoms with Gasteiger partial charge in [-0.05, 0) is 25.0 Å². The van der Waals surface area contributed by atoms with Gasteiger partial charge in [0.2, 0.25) is 0 Å². The molecule has 1 aromatic rings. The van der Waals surface area contributed by atoms with Crippen LogP contribution in [-0.2, 0) is 0 Å². The van der Waals surface area contributed by atoms with Crippen LogP contribution in [-0.4, -0.2) is 44.6 Å². The van der Waals surface area contributed by atoms with Crippen molar-refractivity contribution in [2.24, 2.45) is 5.73 Å². The Morgan fingerprint density at radius 3 is 2.47 bits per heavy atom. The highest BCUT2D eigenvalue weighted by Crippen LogP contribution is 2.35. The summed E-state index contributed by atoms with van der Waals surface area (Å²) in [5.41, 5.74) is 5.92. The van der Waals surface area contributed by atoms with E-state index in [4.69, 9.17) is 15.2 Å². The Kier molecular flexibility index (Phi) is 4.17. The van der Waals surface area contributed by atoms with Crippen LogP contribution in [0.1, 0.15) is 12.8 Å². The van der Waals surface area contributed by atoms with Crippen LogP contribution in [0.15, 0.2) is 18.2 Å². The molecular weight excluding hydrogens is 244 g/mol. The molecule has 2 rings (SSSR count). The van der Waals surface area contributed by atoms with Crippen molar-refractivity contribution in [1.29, 1.82) is 0 Å². The second kappa shape index (κ2) is 5.67. The summed E-state index contributed by atoms with van der Waals surface area (Å²) in [6.07, 6.45) is 1.36. The lowest BCUT2D eigenvalue weighted by Crippen LogP contribution is -2.48. The molecule has 0 bridgehead atoms. The Labute approximate surface area is 113 Å². The number of ether oxygens (including phenoxy) is 2. The van der Waals surface area contributed by atoms with Crippen molar-refractivity contribution >= 4 is 5.69 Å². The lowest BCUT2D eigenvalue weighted by atomic mass is 9.91. The zero-order valence-electron chi connectivity index (χ0n) is 11.6. The van der Waals surface area contributed by atoms with Gasteiger partial charge in [0.25, 0.3) is 0 Å². The Morgan fingerprint density at radius 1 is 1.26 bits per heavy atom. The van der Waals surface area contributed by atoms with Gasteiger partial charge in [-0.2, -0.15) is 0 Å². The van der Waals surface area contributed by atoms with Gasteiger partial charge in [0, 0.05) is 25.7 Å². The minimum atomic E-state index is -0.712.